The minimum Gasteiger partial charge on any atom is -0.493 e. The molecule has 0 heterocycles. The Balaban J connectivity index is 2.34. The zero-order valence-corrected chi connectivity index (χ0v) is 17.8. The molecule has 7 heteroatoms. The molecule has 1 amide bonds. The smallest absolute Gasteiger partial charge is 0.325 e. The van der Waals surface area contributed by atoms with E-state index in [1.807, 2.05) is 37.3 Å². The first-order chi connectivity index (χ1) is 13.5. The van der Waals surface area contributed by atoms with Crippen LogP contribution in [0.2, 0.25) is 0 Å². The molecule has 0 aliphatic rings. The monoisotopic (exact) mass is 449 g/mol. The third-order valence-electron chi connectivity index (χ3n) is 3.98. The van der Waals surface area contributed by atoms with Crippen molar-refractivity contribution >= 4 is 27.8 Å². The Kier molecular flexibility index (Phi) is 8.32. The minimum atomic E-state index is -0.488. The number of methoxy groups -OCH3 is 2. The number of amides is 1. The quantitative estimate of drug-likeness (QED) is 0.540. The number of benzene rings is 2. The molecule has 0 bridgehead atoms. The topological polar surface area (TPSA) is 65.1 Å². The lowest BCUT2D eigenvalue weighted by Crippen LogP contribution is -2.35. The number of nitrogens with zero attached hydrogens (tertiary/aromatic N) is 1. The van der Waals surface area contributed by atoms with E-state index in [-0.39, 0.29) is 19.0 Å². The molecular formula is C21H24BrNO5. The highest BCUT2D eigenvalue weighted by Gasteiger charge is 2.22. The molecule has 0 aromatic heterocycles. The second-order valence-electron chi connectivity index (χ2n) is 6.06. The van der Waals surface area contributed by atoms with Crippen molar-refractivity contribution in [2.45, 2.75) is 19.9 Å². The van der Waals surface area contributed by atoms with Gasteiger partial charge in [-0.3, -0.25) is 9.59 Å². The highest BCUT2D eigenvalue weighted by Crippen LogP contribution is 2.37. The molecule has 0 spiro atoms. The van der Waals surface area contributed by atoms with Crippen LogP contribution in [0.3, 0.4) is 0 Å². The van der Waals surface area contributed by atoms with Gasteiger partial charge in [0, 0.05) is 12.1 Å². The largest absolute Gasteiger partial charge is 0.493 e. The van der Waals surface area contributed by atoms with Gasteiger partial charge in [0.15, 0.2) is 11.5 Å². The van der Waals surface area contributed by atoms with E-state index in [1.165, 1.54) is 19.1 Å². The molecule has 0 saturated carbocycles. The van der Waals surface area contributed by atoms with E-state index in [0.717, 1.165) is 12.0 Å². The summed E-state index contributed by atoms with van der Waals surface area (Å²) in [6.45, 7) is 2.66. The molecule has 0 fully saturated rings. The van der Waals surface area contributed by atoms with Gasteiger partial charge in [0.05, 0.1) is 25.3 Å². The highest BCUT2D eigenvalue weighted by molar-refractivity contribution is 9.10. The number of hydrogen-bond donors (Lipinski definition) is 0. The fourth-order valence-electron chi connectivity index (χ4n) is 2.59. The fraction of sp³-hybridized carbons (Fsp3) is 0.333. The van der Waals surface area contributed by atoms with Crippen LogP contribution in [0.15, 0.2) is 46.9 Å². The van der Waals surface area contributed by atoms with Crippen LogP contribution >= 0.6 is 15.9 Å². The predicted octanol–water partition coefficient (Wildman–Crippen LogP) is 4.06. The molecule has 0 unspecified atom stereocenters. The molecule has 0 atom stereocenters. The standard InChI is InChI=1S/C21H24BrNO5/c1-4-10-28-20-17(22)11-16(12-18(20)26-2)21(25)23(14-19(24)27-3)13-15-8-6-5-7-9-15/h5-9,11-12H,4,10,13-14H2,1-3H3. The number of halogens is 1. The summed E-state index contributed by atoms with van der Waals surface area (Å²) < 4.78 is 16.5. The summed E-state index contributed by atoms with van der Waals surface area (Å²) >= 11 is 3.45. The van der Waals surface area contributed by atoms with Crippen LogP contribution in [0.4, 0.5) is 0 Å². The Morgan fingerprint density at radius 3 is 2.43 bits per heavy atom. The molecular weight excluding hydrogens is 426 g/mol. The zero-order chi connectivity index (χ0) is 20.5. The SMILES string of the molecule is CCCOc1c(Br)cc(C(=O)N(CC(=O)OC)Cc2ccccc2)cc1OC. The second kappa shape index (κ2) is 10.7. The summed E-state index contributed by atoms with van der Waals surface area (Å²) in [7, 11) is 2.82. The predicted molar refractivity (Wildman–Crippen MR) is 110 cm³/mol. The molecule has 2 rings (SSSR count). The van der Waals surface area contributed by atoms with Gasteiger partial charge in [0.1, 0.15) is 6.54 Å². The van der Waals surface area contributed by atoms with E-state index in [2.05, 4.69) is 15.9 Å². The lowest BCUT2D eigenvalue weighted by atomic mass is 10.1. The Morgan fingerprint density at radius 1 is 1.11 bits per heavy atom. The third kappa shape index (κ3) is 5.73. The van der Waals surface area contributed by atoms with Gasteiger partial charge in [-0.25, -0.2) is 0 Å². The number of carbonyl (C=O) groups is 2. The lowest BCUT2D eigenvalue weighted by molar-refractivity contribution is -0.141. The van der Waals surface area contributed by atoms with Crippen molar-refractivity contribution in [1.82, 2.24) is 4.90 Å². The first kappa shape index (κ1) is 21.8. The summed E-state index contributed by atoms with van der Waals surface area (Å²) in [5.41, 5.74) is 1.29. The van der Waals surface area contributed by atoms with E-state index >= 15 is 0 Å². The van der Waals surface area contributed by atoms with Crippen LogP contribution in [0.5, 0.6) is 11.5 Å². The van der Waals surface area contributed by atoms with Crippen LogP contribution < -0.4 is 9.47 Å². The van der Waals surface area contributed by atoms with Gasteiger partial charge in [-0.15, -0.1) is 0 Å². The maximum atomic E-state index is 13.1. The summed E-state index contributed by atoms with van der Waals surface area (Å²) in [6.07, 6.45) is 0.847. The van der Waals surface area contributed by atoms with E-state index in [0.29, 0.717) is 28.1 Å². The van der Waals surface area contributed by atoms with Gasteiger partial charge in [-0.1, -0.05) is 37.3 Å². The Morgan fingerprint density at radius 2 is 1.82 bits per heavy atom. The summed E-state index contributed by atoms with van der Waals surface area (Å²) in [5, 5.41) is 0. The first-order valence-corrected chi connectivity index (χ1v) is 9.69. The Labute approximate surface area is 173 Å². The van der Waals surface area contributed by atoms with Crippen molar-refractivity contribution in [3.63, 3.8) is 0 Å². The van der Waals surface area contributed by atoms with Crippen molar-refractivity contribution in [2.75, 3.05) is 27.4 Å². The van der Waals surface area contributed by atoms with Crippen molar-refractivity contribution < 1.29 is 23.8 Å². The van der Waals surface area contributed by atoms with Crippen LogP contribution in [-0.2, 0) is 16.1 Å². The average molecular weight is 450 g/mol. The van der Waals surface area contributed by atoms with Gasteiger partial charge < -0.3 is 19.1 Å². The number of ether oxygens (including phenoxy) is 3. The molecule has 2 aromatic rings. The van der Waals surface area contributed by atoms with E-state index in [4.69, 9.17) is 14.2 Å². The number of esters is 1. The van der Waals surface area contributed by atoms with Crippen LogP contribution in [-0.4, -0.2) is 44.1 Å². The number of rotatable bonds is 9. The Bertz CT molecular complexity index is 810. The molecule has 150 valence electrons. The summed E-state index contributed by atoms with van der Waals surface area (Å²) in [6, 6.07) is 12.8. The second-order valence-corrected chi connectivity index (χ2v) is 6.92. The maximum absolute atomic E-state index is 13.1. The van der Waals surface area contributed by atoms with E-state index in [9.17, 15) is 9.59 Å². The average Bonchev–Trinajstić information content (AvgIpc) is 2.71. The molecule has 28 heavy (non-hydrogen) atoms. The van der Waals surface area contributed by atoms with Crippen molar-refractivity contribution in [3.05, 3.63) is 58.1 Å². The molecule has 0 saturated heterocycles. The molecule has 0 radical (unpaired) electrons. The lowest BCUT2D eigenvalue weighted by Gasteiger charge is -2.22. The van der Waals surface area contributed by atoms with Gasteiger partial charge in [-0.2, -0.15) is 0 Å². The molecule has 0 aliphatic heterocycles. The number of hydrogen-bond acceptors (Lipinski definition) is 5. The molecule has 2 aromatic carbocycles. The molecule has 6 nitrogen and oxygen atoms in total. The zero-order valence-electron chi connectivity index (χ0n) is 16.2. The summed E-state index contributed by atoms with van der Waals surface area (Å²) in [4.78, 5) is 26.4. The number of carbonyl (C=O) groups excluding carboxylic acids is 2. The van der Waals surface area contributed by atoms with E-state index < -0.39 is 5.97 Å². The van der Waals surface area contributed by atoms with Crippen molar-refractivity contribution in [2.24, 2.45) is 0 Å². The minimum absolute atomic E-state index is 0.155. The molecule has 0 N–H and O–H groups in total. The fourth-order valence-corrected chi connectivity index (χ4v) is 3.15. The van der Waals surface area contributed by atoms with Crippen molar-refractivity contribution in [1.29, 1.82) is 0 Å². The first-order valence-electron chi connectivity index (χ1n) is 8.90. The highest BCUT2D eigenvalue weighted by atomic mass is 79.9. The van der Waals surface area contributed by atoms with Gasteiger partial charge in [0.2, 0.25) is 0 Å². The Hall–Kier alpha value is -2.54. The van der Waals surface area contributed by atoms with E-state index in [1.54, 1.807) is 12.1 Å². The van der Waals surface area contributed by atoms with Gasteiger partial charge >= 0.3 is 5.97 Å². The maximum Gasteiger partial charge on any atom is 0.325 e. The van der Waals surface area contributed by atoms with Crippen LogP contribution in [0, 0.1) is 0 Å². The van der Waals surface area contributed by atoms with Crippen molar-refractivity contribution in [3.8, 4) is 11.5 Å². The van der Waals surface area contributed by atoms with Crippen LogP contribution in [0.25, 0.3) is 0 Å². The normalized spacial score (nSPS) is 10.3. The van der Waals surface area contributed by atoms with Gasteiger partial charge in [-0.05, 0) is 40.0 Å². The molecule has 0 aliphatic carbocycles. The summed E-state index contributed by atoms with van der Waals surface area (Å²) in [5.74, 6) is 0.195. The van der Waals surface area contributed by atoms with Gasteiger partial charge in [0.25, 0.3) is 5.91 Å². The third-order valence-corrected chi connectivity index (χ3v) is 4.57. The van der Waals surface area contributed by atoms with Crippen LogP contribution in [0.1, 0.15) is 29.3 Å².